The summed E-state index contributed by atoms with van der Waals surface area (Å²) >= 11 is 0. The molecule has 0 unspecified atom stereocenters. The van der Waals surface area contributed by atoms with E-state index in [1.807, 2.05) is 0 Å². The zero-order chi connectivity index (χ0) is 15.5. The number of benzene rings is 2. The van der Waals surface area contributed by atoms with Gasteiger partial charge in [0.25, 0.3) is 0 Å². The van der Waals surface area contributed by atoms with Crippen LogP contribution in [0.15, 0.2) is 48.5 Å². The molecule has 0 aliphatic rings. The molecule has 0 bridgehead atoms. The van der Waals surface area contributed by atoms with Crippen molar-refractivity contribution in [1.82, 2.24) is 0 Å². The van der Waals surface area contributed by atoms with Gasteiger partial charge in [-0.25, -0.2) is 9.18 Å². The molecule has 0 radical (unpaired) electrons. The molecule has 2 aromatic carbocycles. The van der Waals surface area contributed by atoms with Crippen molar-refractivity contribution in [3.8, 4) is 5.75 Å². The number of carboxylic acid groups (broad SMARTS) is 1. The number of aromatic carboxylic acids is 1. The van der Waals surface area contributed by atoms with Gasteiger partial charge in [0.05, 0.1) is 0 Å². The summed E-state index contributed by atoms with van der Waals surface area (Å²) in [5, 5.41) is 8.89. The lowest BCUT2D eigenvalue weighted by Gasteiger charge is -2.18. The van der Waals surface area contributed by atoms with Crippen LogP contribution < -0.4 is 4.74 Å². The first kappa shape index (κ1) is 14.9. The highest BCUT2D eigenvalue weighted by Gasteiger charge is 2.33. The number of carbonyl (C=O) groups is 1. The van der Waals surface area contributed by atoms with Crippen LogP contribution in [0.4, 0.5) is 13.2 Å². The van der Waals surface area contributed by atoms with Gasteiger partial charge in [-0.3, -0.25) is 0 Å². The molecule has 21 heavy (non-hydrogen) atoms. The molecule has 0 atom stereocenters. The van der Waals surface area contributed by atoms with Crippen LogP contribution in [0.5, 0.6) is 5.75 Å². The van der Waals surface area contributed by atoms with E-state index in [1.54, 1.807) is 6.07 Å². The molecule has 110 valence electrons. The maximum atomic E-state index is 13.9. The monoisotopic (exact) mass is 296 g/mol. The van der Waals surface area contributed by atoms with Crippen molar-refractivity contribution >= 4 is 5.97 Å². The van der Waals surface area contributed by atoms with Crippen LogP contribution in [0.3, 0.4) is 0 Å². The number of hydrogen-bond acceptors (Lipinski definition) is 2. The van der Waals surface area contributed by atoms with Gasteiger partial charge < -0.3 is 9.84 Å². The second-order valence-electron chi connectivity index (χ2n) is 4.28. The molecule has 0 fully saturated rings. The van der Waals surface area contributed by atoms with Gasteiger partial charge in [-0.15, -0.1) is 0 Å². The summed E-state index contributed by atoms with van der Waals surface area (Å²) in [5.41, 5.74) is -1.03. The van der Waals surface area contributed by atoms with E-state index in [0.717, 1.165) is 12.1 Å². The molecule has 0 aliphatic carbocycles. The second kappa shape index (κ2) is 5.87. The standard InChI is InChI=1S/C15H11F3O3/c16-11-7-4-8-12(13(11)14(19)20)21-9-15(17,18)10-5-2-1-3-6-10/h1-8H,9H2,(H,19,20). The van der Waals surface area contributed by atoms with E-state index in [-0.39, 0.29) is 5.56 Å². The molecule has 0 saturated heterocycles. The van der Waals surface area contributed by atoms with Crippen LogP contribution in [0.2, 0.25) is 0 Å². The van der Waals surface area contributed by atoms with Gasteiger partial charge in [0.1, 0.15) is 17.1 Å². The van der Waals surface area contributed by atoms with Gasteiger partial charge in [0.2, 0.25) is 0 Å². The van der Waals surface area contributed by atoms with Gasteiger partial charge >= 0.3 is 11.9 Å². The van der Waals surface area contributed by atoms with Gasteiger partial charge in [-0.2, -0.15) is 8.78 Å². The lowest BCUT2D eigenvalue weighted by atomic mass is 10.1. The van der Waals surface area contributed by atoms with Crippen molar-refractivity contribution in [3.05, 3.63) is 65.5 Å². The summed E-state index contributed by atoms with van der Waals surface area (Å²) in [6.07, 6.45) is 0. The average molecular weight is 296 g/mol. The maximum Gasteiger partial charge on any atom is 0.342 e. The first-order valence-electron chi connectivity index (χ1n) is 6.00. The first-order valence-corrected chi connectivity index (χ1v) is 6.00. The van der Waals surface area contributed by atoms with Crippen molar-refractivity contribution in [3.63, 3.8) is 0 Å². The molecule has 1 N–H and O–H groups in total. The molecule has 0 heterocycles. The fourth-order valence-electron chi connectivity index (χ4n) is 1.77. The molecule has 6 heteroatoms. The van der Waals surface area contributed by atoms with Crippen molar-refractivity contribution in [2.45, 2.75) is 5.92 Å². The Bertz CT molecular complexity index is 642. The van der Waals surface area contributed by atoms with Gasteiger partial charge in [0, 0.05) is 5.56 Å². The Morgan fingerprint density at radius 1 is 1.10 bits per heavy atom. The third kappa shape index (κ3) is 3.34. The lowest BCUT2D eigenvalue weighted by molar-refractivity contribution is -0.0470. The van der Waals surface area contributed by atoms with Crippen molar-refractivity contribution in [1.29, 1.82) is 0 Å². The van der Waals surface area contributed by atoms with Crippen molar-refractivity contribution in [2.75, 3.05) is 6.61 Å². The van der Waals surface area contributed by atoms with E-state index in [2.05, 4.69) is 0 Å². The number of hydrogen-bond donors (Lipinski definition) is 1. The third-order valence-corrected chi connectivity index (χ3v) is 2.79. The summed E-state index contributed by atoms with van der Waals surface area (Å²) in [7, 11) is 0. The zero-order valence-corrected chi connectivity index (χ0v) is 10.7. The quantitative estimate of drug-likeness (QED) is 0.915. The zero-order valence-electron chi connectivity index (χ0n) is 10.7. The second-order valence-corrected chi connectivity index (χ2v) is 4.28. The Balaban J connectivity index is 2.21. The van der Waals surface area contributed by atoms with E-state index in [0.29, 0.717) is 0 Å². The van der Waals surface area contributed by atoms with Crippen LogP contribution >= 0.6 is 0 Å². The van der Waals surface area contributed by atoms with E-state index >= 15 is 0 Å². The molecule has 3 nitrogen and oxygen atoms in total. The fourth-order valence-corrected chi connectivity index (χ4v) is 1.77. The molecule has 0 aliphatic heterocycles. The predicted octanol–water partition coefficient (Wildman–Crippen LogP) is 3.69. The molecule has 2 rings (SSSR count). The Morgan fingerprint density at radius 2 is 1.76 bits per heavy atom. The Hall–Kier alpha value is -2.50. The van der Waals surface area contributed by atoms with E-state index in [1.165, 1.54) is 30.3 Å². The highest BCUT2D eigenvalue weighted by atomic mass is 19.3. The Kier molecular flexibility index (Phi) is 4.16. The SMILES string of the molecule is O=C(O)c1c(F)cccc1OCC(F)(F)c1ccccc1. The molecule has 0 amide bonds. The molecule has 2 aromatic rings. The Labute approximate surface area is 118 Å². The minimum atomic E-state index is -3.32. The average Bonchev–Trinajstić information content (AvgIpc) is 2.46. The molecular weight excluding hydrogens is 285 g/mol. The van der Waals surface area contributed by atoms with Crippen LogP contribution in [0, 0.1) is 5.82 Å². The highest BCUT2D eigenvalue weighted by Crippen LogP contribution is 2.30. The van der Waals surface area contributed by atoms with Gasteiger partial charge in [-0.05, 0) is 12.1 Å². The summed E-state index contributed by atoms with van der Waals surface area (Å²) in [4.78, 5) is 10.9. The molecular formula is C15H11F3O3. The maximum absolute atomic E-state index is 13.9. The highest BCUT2D eigenvalue weighted by molar-refractivity contribution is 5.91. The summed E-state index contributed by atoms with van der Waals surface area (Å²) in [6.45, 7) is -1.08. The number of halogens is 3. The van der Waals surface area contributed by atoms with Crippen LogP contribution in [0.1, 0.15) is 15.9 Å². The smallest absolute Gasteiger partial charge is 0.342 e. The van der Waals surface area contributed by atoms with Gasteiger partial charge in [0.15, 0.2) is 6.61 Å². The van der Waals surface area contributed by atoms with Crippen LogP contribution in [-0.2, 0) is 5.92 Å². The predicted molar refractivity (Wildman–Crippen MR) is 69.2 cm³/mol. The topological polar surface area (TPSA) is 46.5 Å². The summed E-state index contributed by atoms with van der Waals surface area (Å²) in [5.74, 6) is -6.36. The fraction of sp³-hybridized carbons (Fsp3) is 0.133. The first-order chi connectivity index (χ1) is 9.92. The van der Waals surface area contributed by atoms with Gasteiger partial charge in [-0.1, -0.05) is 36.4 Å². The number of rotatable bonds is 5. The third-order valence-electron chi connectivity index (χ3n) is 2.79. The lowest BCUT2D eigenvalue weighted by Crippen LogP contribution is -2.23. The van der Waals surface area contributed by atoms with E-state index in [4.69, 9.17) is 9.84 Å². The van der Waals surface area contributed by atoms with Crippen molar-refractivity contribution in [2.24, 2.45) is 0 Å². The Morgan fingerprint density at radius 3 is 2.38 bits per heavy atom. The van der Waals surface area contributed by atoms with Crippen LogP contribution in [-0.4, -0.2) is 17.7 Å². The largest absolute Gasteiger partial charge is 0.486 e. The van der Waals surface area contributed by atoms with Crippen molar-refractivity contribution < 1.29 is 27.8 Å². The molecule has 0 aromatic heterocycles. The minimum Gasteiger partial charge on any atom is -0.486 e. The molecule has 0 saturated carbocycles. The normalized spacial score (nSPS) is 11.2. The summed E-state index contributed by atoms with van der Waals surface area (Å²) < 4.78 is 46.0. The summed E-state index contributed by atoms with van der Waals surface area (Å²) in [6, 6.07) is 10.2. The number of ether oxygens (including phenoxy) is 1. The number of alkyl halides is 2. The molecule has 0 spiro atoms. The van der Waals surface area contributed by atoms with E-state index in [9.17, 15) is 18.0 Å². The number of carboxylic acids is 1. The minimum absolute atomic E-state index is 0.265. The van der Waals surface area contributed by atoms with Crippen LogP contribution in [0.25, 0.3) is 0 Å². The van der Waals surface area contributed by atoms with E-state index < -0.39 is 35.6 Å².